The molecule has 0 bridgehead atoms. The van der Waals surface area contributed by atoms with Gasteiger partial charge >= 0.3 is 6.03 Å². The van der Waals surface area contributed by atoms with Crippen LogP contribution >= 0.6 is 11.6 Å². The molecule has 1 aromatic rings. The van der Waals surface area contributed by atoms with Crippen molar-refractivity contribution in [2.45, 2.75) is 6.42 Å². The minimum Gasteiger partial charge on any atom is -0.351 e. The number of sulfonamides is 1. The molecule has 0 unspecified atom stereocenters. The van der Waals surface area contributed by atoms with Gasteiger partial charge < -0.3 is 10.6 Å². The number of primary amides is 1. The number of halogens is 1. The molecule has 1 aliphatic heterocycles. The Bertz CT molecular complexity index is 676. The normalized spacial score (nSPS) is 17.6. The molecule has 8 heteroatoms. The molecule has 0 atom stereocenters. The van der Waals surface area contributed by atoms with Crippen LogP contribution in [-0.2, 0) is 10.0 Å². The lowest BCUT2D eigenvalue weighted by molar-refractivity contribution is 0.210. The first-order chi connectivity index (χ1) is 10.4. The van der Waals surface area contributed by atoms with E-state index in [9.17, 15) is 13.2 Å². The predicted octanol–water partition coefficient (Wildman–Crippen LogP) is 1.73. The van der Waals surface area contributed by atoms with Crippen LogP contribution in [0.25, 0.3) is 6.08 Å². The summed E-state index contributed by atoms with van der Waals surface area (Å²) in [6, 6.07) is 6.48. The topological polar surface area (TPSA) is 83.7 Å². The number of hydrogen-bond donors (Lipinski definition) is 1. The maximum absolute atomic E-state index is 12.4. The highest BCUT2D eigenvalue weighted by atomic mass is 35.5. The second-order valence-electron chi connectivity index (χ2n) is 4.95. The molecule has 0 radical (unpaired) electrons. The summed E-state index contributed by atoms with van der Waals surface area (Å²) >= 11 is 6.00. The zero-order valence-electron chi connectivity index (χ0n) is 12.0. The van der Waals surface area contributed by atoms with Crippen molar-refractivity contribution in [2.75, 3.05) is 26.2 Å². The number of carbonyl (C=O) groups excluding carboxylic acids is 1. The summed E-state index contributed by atoms with van der Waals surface area (Å²) < 4.78 is 26.1. The van der Waals surface area contributed by atoms with Crippen LogP contribution < -0.4 is 5.73 Å². The van der Waals surface area contributed by atoms with Gasteiger partial charge in [-0.25, -0.2) is 13.2 Å². The van der Waals surface area contributed by atoms with E-state index in [-0.39, 0.29) is 6.54 Å². The molecule has 1 heterocycles. The summed E-state index contributed by atoms with van der Waals surface area (Å²) in [5.74, 6) is 0. The Hall–Kier alpha value is -1.57. The van der Waals surface area contributed by atoms with Crippen LogP contribution in [0.1, 0.15) is 12.0 Å². The van der Waals surface area contributed by atoms with Crippen molar-refractivity contribution < 1.29 is 13.2 Å². The largest absolute Gasteiger partial charge is 0.351 e. The third-order valence-corrected chi connectivity index (χ3v) is 5.36. The number of nitrogens with two attached hydrogens (primary N) is 1. The monoisotopic (exact) mass is 343 g/mol. The highest BCUT2D eigenvalue weighted by Gasteiger charge is 2.24. The van der Waals surface area contributed by atoms with Crippen LogP contribution in [0, 0.1) is 0 Å². The lowest BCUT2D eigenvalue weighted by atomic mass is 10.2. The van der Waals surface area contributed by atoms with Crippen molar-refractivity contribution in [2.24, 2.45) is 5.73 Å². The van der Waals surface area contributed by atoms with Crippen molar-refractivity contribution in [3.8, 4) is 0 Å². The van der Waals surface area contributed by atoms with E-state index in [1.807, 2.05) is 0 Å². The molecule has 2 amide bonds. The molecule has 0 aromatic heterocycles. The Morgan fingerprint density at radius 3 is 2.59 bits per heavy atom. The first-order valence-corrected chi connectivity index (χ1v) is 8.75. The number of urea groups is 1. The quantitative estimate of drug-likeness (QED) is 0.907. The molecule has 1 aliphatic rings. The molecule has 0 aliphatic carbocycles. The molecule has 1 aromatic carbocycles. The van der Waals surface area contributed by atoms with Gasteiger partial charge in [-0.15, -0.1) is 0 Å². The number of hydrogen-bond acceptors (Lipinski definition) is 3. The molecule has 0 saturated carbocycles. The van der Waals surface area contributed by atoms with Crippen molar-refractivity contribution >= 4 is 33.7 Å². The third-order valence-electron chi connectivity index (χ3n) is 3.45. The molecule has 1 saturated heterocycles. The molecule has 2 N–H and O–H groups in total. The third kappa shape index (κ3) is 4.22. The van der Waals surface area contributed by atoms with E-state index in [0.29, 0.717) is 36.6 Å². The summed E-state index contributed by atoms with van der Waals surface area (Å²) in [6.45, 7) is 1.36. The van der Waals surface area contributed by atoms with Crippen molar-refractivity contribution in [3.63, 3.8) is 0 Å². The van der Waals surface area contributed by atoms with E-state index in [1.54, 1.807) is 24.3 Å². The van der Waals surface area contributed by atoms with Gasteiger partial charge in [0.15, 0.2) is 0 Å². The zero-order chi connectivity index (χ0) is 16.2. The second kappa shape index (κ2) is 7.13. The fourth-order valence-electron chi connectivity index (χ4n) is 2.22. The molecule has 0 spiro atoms. The Morgan fingerprint density at radius 2 is 1.91 bits per heavy atom. The first kappa shape index (κ1) is 16.8. The fourth-order valence-corrected chi connectivity index (χ4v) is 3.63. The van der Waals surface area contributed by atoms with Gasteiger partial charge in [0.25, 0.3) is 0 Å². The SMILES string of the molecule is NC(=O)N1CCCN(S(=O)(=O)C=Cc2ccccc2Cl)CC1. The van der Waals surface area contributed by atoms with Crippen LogP contribution in [0.5, 0.6) is 0 Å². The zero-order valence-corrected chi connectivity index (χ0v) is 13.6. The summed E-state index contributed by atoms with van der Waals surface area (Å²) in [7, 11) is -3.56. The van der Waals surface area contributed by atoms with E-state index < -0.39 is 16.1 Å². The minimum atomic E-state index is -3.56. The van der Waals surface area contributed by atoms with Gasteiger partial charge in [-0.2, -0.15) is 4.31 Å². The lowest BCUT2D eigenvalue weighted by Crippen LogP contribution is -2.39. The Balaban J connectivity index is 2.10. The smallest absolute Gasteiger partial charge is 0.314 e. The minimum absolute atomic E-state index is 0.234. The Kier molecular flexibility index (Phi) is 5.44. The molecule has 1 fully saturated rings. The second-order valence-corrected chi connectivity index (χ2v) is 7.17. The molecule has 22 heavy (non-hydrogen) atoms. The van der Waals surface area contributed by atoms with Crippen LogP contribution in [0.2, 0.25) is 5.02 Å². The van der Waals surface area contributed by atoms with Crippen LogP contribution in [-0.4, -0.2) is 49.8 Å². The number of carbonyl (C=O) groups is 1. The molecule has 6 nitrogen and oxygen atoms in total. The van der Waals surface area contributed by atoms with E-state index in [2.05, 4.69) is 0 Å². The van der Waals surface area contributed by atoms with Gasteiger partial charge in [0.1, 0.15) is 0 Å². The van der Waals surface area contributed by atoms with E-state index >= 15 is 0 Å². The summed E-state index contributed by atoms with van der Waals surface area (Å²) in [6.07, 6.45) is 2.04. The summed E-state index contributed by atoms with van der Waals surface area (Å²) in [5, 5.41) is 1.64. The van der Waals surface area contributed by atoms with Crippen molar-refractivity contribution in [3.05, 3.63) is 40.3 Å². The van der Waals surface area contributed by atoms with Gasteiger partial charge in [0, 0.05) is 36.6 Å². The number of amides is 2. The number of rotatable bonds is 3. The van der Waals surface area contributed by atoms with Gasteiger partial charge in [0.2, 0.25) is 10.0 Å². The molecular weight excluding hydrogens is 326 g/mol. The average molecular weight is 344 g/mol. The van der Waals surface area contributed by atoms with Crippen molar-refractivity contribution in [1.82, 2.24) is 9.21 Å². The summed E-state index contributed by atoms with van der Waals surface area (Å²) in [4.78, 5) is 12.6. The van der Waals surface area contributed by atoms with Crippen LogP contribution in [0.15, 0.2) is 29.7 Å². The number of nitrogens with zero attached hydrogens (tertiary/aromatic N) is 2. The first-order valence-electron chi connectivity index (χ1n) is 6.87. The maximum atomic E-state index is 12.4. The molecule has 120 valence electrons. The van der Waals surface area contributed by atoms with E-state index in [0.717, 1.165) is 5.41 Å². The van der Waals surface area contributed by atoms with Gasteiger partial charge in [0.05, 0.1) is 0 Å². The van der Waals surface area contributed by atoms with Gasteiger partial charge in [-0.05, 0) is 24.1 Å². The Morgan fingerprint density at radius 1 is 1.18 bits per heavy atom. The maximum Gasteiger partial charge on any atom is 0.314 e. The highest BCUT2D eigenvalue weighted by Crippen LogP contribution is 2.18. The highest BCUT2D eigenvalue weighted by molar-refractivity contribution is 7.92. The van der Waals surface area contributed by atoms with Crippen LogP contribution in [0.4, 0.5) is 4.79 Å². The van der Waals surface area contributed by atoms with E-state index in [1.165, 1.54) is 15.3 Å². The standard InChI is InChI=1S/C14H18ClN3O3S/c15-13-5-2-1-4-12(13)6-11-22(20,21)18-8-3-7-17(9-10-18)14(16)19/h1-2,4-6,11H,3,7-10H2,(H2,16,19). The van der Waals surface area contributed by atoms with Gasteiger partial charge in [-0.1, -0.05) is 29.8 Å². The Labute approximate surface area is 135 Å². The average Bonchev–Trinajstić information content (AvgIpc) is 2.73. The summed E-state index contributed by atoms with van der Waals surface area (Å²) in [5.41, 5.74) is 5.87. The predicted molar refractivity (Wildman–Crippen MR) is 86.8 cm³/mol. The molecule has 2 rings (SSSR count). The lowest BCUT2D eigenvalue weighted by Gasteiger charge is -2.19. The van der Waals surface area contributed by atoms with E-state index in [4.69, 9.17) is 17.3 Å². The van der Waals surface area contributed by atoms with Gasteiger partial charge in [-0.3, -0.25) is 0 Å². The fraction of sp³-hybridized carbons (Fsp3) is 0.357. The molecular formula is C14H18ClN3O3S. The number of benzene rings is 1. The van der Waals surface area contributed by atoms with Crippen molar-refractivity contribution in [1.29, 1.82) is 0 Å². The van der Waals surface area contributed by atoms with Crippen LogP contribution in [0.3, 0.4) is 0 Å².